The van der Waals surface area contributed by atoms with Gasteiger partial charge in [-0.05, 0) is 13.8 Å². The van der Waals surface area contributed by atoms with E-state index in [0.29, 0.717) is 24.6 Å². The Labute approximate surface area is 109 Å². The zero-order valence-electron chi connectivity index (χ0n) is 10.8. The van der Waals surface area contributed by atoms with E-state index in [4.69, 9.17) is 5.11 Å². The molecule has 18 heavy (non-hydrogen) atoms. The number of nitrogens with zero attached hydrogens (tertiary/aromatic N) is 2. The maximum absolute atomic E-state index is 12.2. The van der Waals surface area contributed by atoms with Gasteiger partial charge in [0.15, 0.2) is 0 Å². The number of aliphatic carboxylic acids is 1. The Morgan fingerprint density at radius 1 is 1.33 bits per heavy atom. The number of carbonyl (C=O) groups is 2. The predicted octanol–water partition coefficient (Wildman–Crippen LogP) is 0.356. The minimum absolute atomic E-state index is 0.0377. The minimum atomic E-state index is -0.909. The van der Waals surface area contributed by atoms with E-state index in [0.717, 1.165) is 0 Å². The fraction of sp³-hybridized carbons (Fsp3) is 0.818. The average molecular weight is 276 g/mol. The van der Waals surface area contributed by atoms with Crippen LogP contribution in [-0.4, -0.2) is 68.3 Å². The third kappa shape index (κ3) is 4.29. The molecule has 0 spiro atoms. The van der Waals surface area contributed by atoms with Crippen LogP contribution in [-0.2, 0) is 15.6 Å². The van der Waals surface area contributed by atoms with E-state index >= 15 is 0 Å². The molecule has 1 heterocycles. The van der Waals surface area contributed by atoms with Crippen molar-refractivity contribution in [3.8, 4) is 0 Å². The smallest absolute Gasteiger partial charge is 0.320 e. The number of amides is 2. The summed E-state index contributed by atoms with van der Waals surface area (Å²) in [6.07, 6.45) is -0.0519. The molecule has 0 unspecified atom stereocenters. The molecule has 104 valence electrons. The molecule has 0 aromatic heterocycles. The zero-order chi connectivity index (χ0) is 13.7. The number of rotatable bonds is 4. The van der Waals surface area contributed by atoms with Crippen molar-refractivity contribution in [1.82, 2.24) is 9.80 Å². The SMILES string of the molecule is CC(C)N(CCC(=O)O)C(=O)N1CCS(=O)CC1. The minimum Gasteiger partial charge on any atom is -0.481 e. The van der Waals surface area contributed by atoms with Gasteiger partial charge >= 0.3 is 12.0 Å². The molecule has 0 aromatic rings. The first kappa shape index (κ1) is 14.9. The maximum atomic E-state index is 12.2. The van der Waals surface area contributed by atoms with Gasteiger partial charge in [-0.25, -0.2) is 4.79 Å². The predicted molar refractivity (Wildman–Crippen MR) is 68.9 cm³/mol. The highest BCUT2D eigenvalue weighted by Crippen LogP contribution is 2.09. The van der Waals surface area contributed by atoms with Crippen molar-refractivity contribution < 1.29 is 18.9 Å². The molecule has 0 saturated carbocycles. The first-order valence-electron chi connectivity index (χ1n) is 6.04. The summed E-state index contributed by atoms with van der Waals surface area (Å²) in [5.41, 5.74) is 0. The van der Waals surface area contributed by atoms with Crippen LogP contribution in [0, 0.1) is 0 Å². The number of carbonyl (C=O) groups excluding carboxylic acids is 1. The fourth-order valence-electron chi connectivity index (χ4n) is 1.80. The van der Waals surface area contributed by atoms with Gasteiger partial charge in [-0.1, -0.05) is 0 Å². The summed E-state index contributed by atoms with van der Waals surface area (Å²) in [6.45, 7) is 4.92. The number of carboxylic acid groups (broad SMARTS) is 1. The molecule has 1 fully saturated rings. The molecule has 1 saturated heterocycles. The summed E-state index contributed by atoms with van der Waals surface area (Å²) >= 11 is 0. The highest BCUT2D eigenvalue weighted by atomic mass is 32.2. The second kappa shape index (κ2) is 6.72. The van der Waals surface area contributed by atoms with Crippen LogP contribution in [0.5, 0.6) is 0 Å². The van der Waals surface area contributed by atoms with Gasteiger partial charge in [0.25, 0.3) is 0 Å². The van der Waals surface area contributed by atoms with Crippen molar-refractivity contribution in [2.45, 2.75) is 26.3 Å². The summed E-state index contributed by atoms with van der Waals surface area (Å²) in [6, 6.07) is -0.188. The van der Waals surface area contributed by atoms with Crippen molar-refractivity contribution in [1.29, 1.82) is 0 Å². The molecular weight excluding hydrogens is 256 g/mol. The van der Waals surface area contributed by atoms with Gasteiger partial charge < -0.3 is 14.9 Å². The summed E-state index contributed by atoms with van der Waals surface area (Å²) < 4.78 is 11.2. The normalized spacial score (nSPS) is 16.9. The number of hydrogen-bond acceptors (Lipinski definition) is 3. The van der Waals surface area contributed by atoms with E-state index in [1.54, 1.807) is 9.80 Å². The van der Waals surface area contributed by atoms with Crippen molar-refractivity contribution in [3.05, 3.63) is 0 Å². The molecule has 1 N–H and O–H groups in total. The van der Waals surface area contributed by atoms with E-state index in [9.17, 15) is 13.8 Å². The zero-order valence-corrected chi connectivity index (χ0v) is 11.6. The Kier molecular flexibility index (Phi) is 5.58. The van der Waals surface area contributed by atoms with Crippen LogP contribution in [0.3, 0.4) is 0 Å². The fourth-order valence-corrected chi connectivity index (χ4v) is 2.85. The molecule has 7 heteroatoms. The molecule has 6 nitrogen and oxygen atoms in total. The van der Waals surface area contributed by atoms with Gasteiger partial charge in [-0.15, -0.1) is 0 Å². The average Bonchev–Trinajstić information content (AvgIpc) is 2.29. The first-order chi connectivity index (χ1) is 8.41. The lowest BCUT2D eigenvalue weighted by molar-refractivity contribution is -0.137. The quantitative estimate of drug-likeness (QED) is 0.804. The molecule has 2 amide bonds. The summed E-state index contributed by atoms with van der Waals surface area (Å²) in [5.74, 6) is 0.112. The number of carboxylic acids is 1. The molecule has 1 aliphatic rings. The number of urea groups is 1. The lowest BCUT2D eigenvalue weighted by atomic mass is 10.3. The number of hydrogen-bond donors (Lipinski definition) is 1. The van der Waals surface area contributed by atoms with Gasteiger partial charge in [0.05, 0.1) is 6.42 Å². The highest BCUT2D eigenvalue weighted by molar-refractivity contribution is 7.85. The van der Waals surface area contributed by atoms with Crippen molar-refractivity contribution in [3.63, 3.8) is 0 Å². The van der Waals surface area contributed by atoms with Crippen molar-refractivity contribution in [2.75, 3.05) is 31.1 Å². The molecule has 0 aromatic carbocycles. The van der Waals surface area contributed by atoms with Crippen LogP contribution in [0.2, 0.25) is 0 Å². The lowest BCUT2D eigenvalue weighted by Gasteiger charge is -2.34. The first-order valence-corrected chi connectivity index (χ1v) is 7.53. The second-order valence-corrected chi connectivity index (χ2v) is 6.24. The largest absolute Gasteiger partial charge is 0.481 e. The van der Waals surface area contributed by atoms with Gasteiger partial charge in [-0.3, -0.25) is 9.00 Å². The molecule has 0 bridgehead atoms. The van der Waals surface area contributed by atoms with Crippen LogP contribution < -0.4 is 0 Å². The van der Waals surface area contributed by atoms with Gasteiger partial charge in [0.1, 0.15) is 0 Å². The highest BCUT2D eigenvalue weighted by Gasteiger charge is 2.26. The van der Waals surface area contributed by atoms with Crippen molar-refractivity contribution in [2.24, 2.45) is 0 Å². The molecule has 1 aliphatic heterocycles. The Bertz CT molecular complexity index is 336. The van der Waals surface area contributed by atoms with E-state index in [1.165, 1.54) is 0 Å². The third-order valence-corrected chi connectivity index (χ3v) is 4.16. The molecule has 0 aliphatic carbocycles. The van der Waals surface area contributed by atoms with Crippen LogP contribution in [0.25, 0.3) is 0 Å². The van der Waals surface area contributed by atoms with Gasteiger partial charge in [0, 0.05) is 48.0 Å². The Morgan fingerprint density at radius 2 is 1.89 bits per heavy atom. The molecule has 0 atom stereocenters. The third-order valence-electron chi connectivity index (χ3n) is 2.88. The lowest BCUT2D eigenvalue weighted by Crippen LogP contribution is -2.51. The Balaban J connectivity index is 2.58. The summed E-state index contributed by atoms with van der Waals surface area (Å²) in [7, 11) is -0.819. The van der Waals surface area contributed by atoms with Crippen LogP contribution >= 0.6 is 0 Å². The topological polar surface area (TPSA) is 77.9 Å². The van der Waals surface area contributed by atoms with E-state index < -0.39 is 16.8 Å². The van der Waals surface area contributed by atoms with E-state index in [1.807, 2.05) is 13.8 Å². The summed E-state index contributed by atoms with van der Waals surface area (Å²) in [4.78, 5) is 26.0. The Hall–Kier alpha value is -1.11. The van der Waals surface area contributed by atoms with Crippen LogP contribution in [0.15, 0.2) is 0 Å². The summed E-state index contributed by atoms with van der Waals surface area (Å²) in [5, 5.41) is 8.68. The Morgan fingerprint density at radius 3 is 2.33 bits per heavy atom. The molecule has 1 rings (SSSR count). The van der Waals surface area contributed by atoms with Crippen LogP contribution in [0.1, 0.15) is 20.3 Å². The van der Waals surface area contributed by atoms with E-state index in [2.05, 4.69) is 0 Å². The maximum Gasteiger partial charge on any atom is 0.320 e. The molecular formula is C11H20N2O4S. The van der Waals surface area contributed by atoms with Gasteiger partial charge in [-0.2, -0.15) is 0 Å². The van der Waals surface area contributed by atoms with Crippen molar-refractivity contribution >= 4 is 22.8 Å². The van der Waals surface area contributed by atoms with E-state index in [-0.39, 0.29) is 25.0 Å². The van der Waals surface area contributed by atoms with Crippen LogP contribution in [0.4, 0.5) is 4.79 Å². The standard InChI is InChI=1S/C11H20N2O4S/c1-9(2)13(4-3-10(14)15)11(16)12-5-7-18(17)8-6-12/h9H,3-8H2,1-2H3,(H,14,15). The second-order valence-electron chi connectivity index (χ2n) is 4.55. The van der Waals surface area contributed by atoms with Gasteiger partial charge in [0.2, 0.25) is 0 Å². The monoisotopic (exact) mass is 276 g/mol. The molecule has 0 radical (unpaired) electrons.